The summed E-state index contributed by atoms with van der Waals surface area (Å²) in [5.41, 5.74) is 4.18. The molecule has 56 heavy (non-hydrogen) atoms. The summed E-state index contributed by atoms with van der Waals surface area (Å²) in [4.78, 5) is 48.0. The Bertz CT molecular complexity index is 2410. The Morgan fingerprint density at radius 1 is 0.946 bits per heavy atom. The minimum atomic E-state index is -3.56. The molecule has 9 rings (SSSR count). The third-order valence-electron chi connectivity index (χ3n) is 12.5. The minimum absolute atomic E-state index is 0.0876. The van der Waals surface area contributed by atoms with Crippen molar-refractivity contribution in [1.29, 1.82) is 0 Å². The lowest BCUT2D eigenvalue weighted by Gasteiger charge is -2.37. The van der Waals surface area contributed by atoms with Crippen LogP contribution in [-0.4, -0.2) is 62.0 Å². The molecule has 4 aliphatic rings. The second-order valence-electron chi connectivity index (χ2n) is 16.1. The molecule has 0 aliphatic carbocycles. The van der Waals surface area contributed by atoms with Crippen LogP contribution in [0.4, 0.5) is 21.2 Å². The normalized spacial score (nSPS) is 24.0. The molecule has 4 heterocycles. The largest absolute Gasteiger partial charge is 0.497 e. The Balaban J connectivity index is 1.03. The fourth-order valence-corrected chi connectivity index (χ4v) is 12.4. The van der Waals surface area contributed by atoms with E-state index in [2.05, 4.69) is 0 Å². The monoisotopic (exact) mass is 769 g/mol. The summed E-state index contributed by atoms with van der Waals surface area (Å²) >= 11 is 0. The maximum atomic E-state index is 16.6. The summed E-state index contributed by atoms with van der Waals surface area (Å²) in [6, 6.07) is 32.2. The van der Waals surface area contributed by atoms with Gasteiger partial charge in [-0.1, -0.05) is 67.6 Å². The number of carbonyl (C=O) groups is 3. The second kappa shape index (κ2) is 13.4. The molecule has 5 atom stereocenters. The van der Waals surface area contributed by atoms with Crippen LogP contribution in [0, 0.1) is 5.92 Å². The Kier molecular flexibility index (Phi) is 8.68. The third-order valence-corrected chi connectivity index (χ3v) is 15.0. The van der Waals surface area contributed by atoms with Crippen LogP contribution in [0.15, 0.2) is 103 Å². The standard InChI is InChI=1S/C45H44FN3O6Si/c1-27-42(56(3,4)46)39(23-40(51)47-25-31-10-6-5-9-30(31)21-33(47)26-50)55-45(27)36-22-34(54-2)19-20-37(36)48(44(45)53)24-28-15-17-32(18-16-28)49-38-14-8-12-29-11-7-13-35(41(29)38)43(49)52/h5-20,22,27,33,39,42,50H,21,23-26H2,1-4H3/t27-,33-,39+,42-,45+/m0/s1. The van der Waals surface area contributed by atoms with Crippen LogP contribution >= 0.6 is 0 Å². The summed E-state index contributed by atoms with van der Waals surface area (Å²) < 4.78 is 29.2. The zero-order valence-corrected chi connectivity index (χ0v) is 32.9. The molecule has 5 aromatic carbocycles. The highest BCUT2D eigenvalue weighted by Crippen LogP contribution is 2.61. The third kappa shape index (κ3) is 5.50. The van der Waals surface area contributed by atoms with Crippen LogP contribution in [0.3, 0.4) is 0 Å². The van der Waals surface area contributed by atoms with E-state index in [9.17, 15) is 14.7 Å². The zero-order chi connectivity index (χ0) is 39.1. The van der Waals surface area contributed by atoms with Crippen molar-refractivity contribution in [3.8, 4) is 5.75 Å². The molecule has 5 aromatic rings. The first-order valence-corrected chi connectivity index (χ1v) is 22.2. The van der Waals surface area contributed by atoms with Crippen molar-refractivity contribution in [2.24, 2.45) is 5.92 Å². The number of anilines is 3. The number of ether oxygens (including phenoxy) is 2. The molecule has 3 amide bonds. The van der Waals surface area contributed by atoms with E-state index in [4.69, 9.17) is 9.47 Å². The number of hydrogen-bond donors (Lipinski definition) is 1. The highest BCUT2D eigenvalue weighted by molar-refractivity contribution is 6.72. The molecule has 0 aromatic heterocycles. The number of rotatable bonds is 8. The van der Waals surface area contributed by atoms with Crippen molar-refractivity contribution in [3.05, 3.63) is 131 Å². The number of hydrogen-bond acceptors (Lipinski definition) is 6. The van der Waals surface area contributed by atoms with Crippen molar-refractivity contribution in [2.45, 2.75) is 69.2 Å². The van der Waals surface area contributed by atoms with E-state index in [-0.39, 0.29) is 37.3 Å². The van der Waals surface area contributed by atoms with Gasteiger partial charge in [0.25, 0.3) is 11.8 Å². The van der Waals surface area contributed by atoms with Crippen molar-refractivity contribution in [3.63, 3.8) is 0 Å². The molecule has 286 valence electrons. The molecular weight excluding hydrogens is 726 g/mol. The molecule has 11 heteroatoms. The van der Waals surface area contributed by atoms with Crippen LogP contribution in [0.1, 0.15) is 46.0 Å². The second-order valence-corrected chi connectivity index (χ2v) is 19.9. The molecular formula is C45H44FN3O6Si. The van der Waals surface area contributed by atoms with Crippen molar-refractivity contribution in [2.75, 3.05) is 23.5 Å². The van der Waals surface area contributed by atoms with Crippen LogP contribution in [0.5, 0.6) is 5.75 Å². The quantitative estimate of drug-likeness (QED) is 0.128. The Morgan fingerprint density at radius 3 is 2.39 bits per heavy atom. The molecule has 0 radical (unpaired) electrons. The predicted octanol–water partition coefficient (Wildman–Crippen LogP) is 7.80. The van der Waals surface area contributed by atoms with Crippen molar-refractivity contribution >= 4 is 54.0 Å². The molecule has 1 spiro atoms. The average molecular weight is 770 g/mol. The maximum absolute atomic E-state index is 16.6. The van der Waals surface area contributed by atoms with E-state index in [0.29, 0.717) is 35.5 Å². The van der Waals surface area contributed by atoms with E-state index in [1.807, 2.05) is 104 Å². The van der Waals surface area contributed by atoms with Crippen molar-refractivity contribution < 1.29 is 33.1 Å². The SMILES string of the molecule is COc1ccc2c(c1)[C@@]1(O[C@H](CC(=O)N3Cc4ccccc4C[C@H]3CO)[C@@H]([Si](C)(C)F)[C@@H]1C)C(=O)N2Cc1ccc(N2C(=O)c3cccc4cccc2c34)cc1. The fourth-order valence-electron chi connectivity index (χ4n) is 9.95. The molecule has 0 bridgehead atoms. The summed E-state index contributed by atoms with van der Waals surface area (Å²) in [5.74, 6) is -0.697. The van der Waals surface area contributed by atoms with Crippen LogP contribution in [-0.2, 0) is 39.4 Å². The minimum Gasteiger partial charge on any atom is -0.497 e. The topological polar surface area (TPSA) is 99.6 Å². The van der Waals surface area contributed by atoms with E-state index < -0.39 is 37.6 Å². The maximum Gasteiger partial charge on any atom is 0.264 e. The summed E-state index contributed by atoms with van der Waals surface area (Å²) in [6.45, 7) is 5.47. The summed E-state index contributed by atoms with van der Waals surface area (Å²) in [5, 5.41) is 12.3. The highest BCUT2D eigenvalue weighted by atomic mass is 28.4. The van der Waals surface area contributed by atoms with E-state index in [0.717, 1.165) is 38.8 Å². The lowest BCUT2D eigenvalue weighted by Crippen LogP contribution is -2.48. The zero-order valence-electron chi connectivity index (χ0n) is 31.9. The van der Waals surface area contributed by atoms with Gasteiger partial charge in [0.1, 0.15) is 5.75 Å². The molecule has 1 fully saturated rings. The Morgan fingerprint density at radius 2 is 1.68 bits per heavy atom. The van der Waals surface area contributed by atoms with Crippen LogP contribution in [0.25, 0.3) is 10.8 Å². The molecule has 4 aliphatic heterocycles. The fraction of sp³-hybridized carbons (Fsp3) is 0.311. The highest BCUT2D eigenvalue weighted by Gasteiger charge is 2.67. The van der Waals surface area contributed by atoms with Gasteiger partial charge < -0.3 is 28.5 Å². The van der Waals surface area contributed by atoms with E-state index in [1.165, 1.54) is 0 Å². The number of aliphatic hydroxyl groups is 1. The van der Waals surface area contributed by atoms with Gasteiger partial charge in [0.05, 0.1) is 55.8 Å². The van der Waals surface area contributed by atoms with Gasteiger partial charge in [-0.15, -0.1) is 0 Å². The van der Waals surface area contributed by atoms with Gasteiger partial charge in [-0.2, -0.15) is 0 Å². The number of halogens is 1. The van der Waals surface area contributed by atoms with Crippen LogP contribution < -0.4 is 14.5 Å². The number of amides is 3. The smallest absolute Gasteiger partial charge is 0.264 e. The van der Waals surface area contributed by atoms with Crippen LogP contribution in [0.2, 0.25) is 18.6 Å². The lowest BCUT2D eigenvalue weighted by atomic mass is 9.82. The summed E-state index contributed by atoms with van der Waals surface area (Å²) in [7, 11) is -2.00. The van der Waals surface area contributed by atoms with Crippen molar-refractivity contribution in [1.82, 2.24) is 4.90 Å². The van der Waals surface area contributed by atoms with Gasteiger partial charge in [-0.05, 0) is 84.1 Å². The van der Waals surface area contributed by atoms with Gasteiger partial charge in [-0.3, -0.25) is 19.3 Å². The van der Waals surface area contributed by atoms with Gasteiger partial charge in [0.15, 0.2) is 5.60 Å². The molecule has 9 nitrogen and oxygen atoms in total. The van der Waals surface area contributed by atoms with Gasteiger partial charge >= 0.3 is 0 Å². The molecule has 0 unspecified atom stereocenters. The van der Waals surface area contributed by atoms with Gasteiger partial charge in [0.2, 0.25) is 14.3 Å². The molecule has 1 saturated heterocycles. The predicted molar refractivity (Wildman–Crippen MR) is 215 cm³/mol. The van der Waals surface area contributed by atoms with Gasteiger partial charge in [0, 0.05) is 34.6 Å². The average Bonchev–Trinajstić information content (AvgIpc) is 3.75. The van der Waals surface area contributed by atoms with Gasteiger partial charge in [-0.25, -0.2) is 0 Å². The number of carbonyl (C=O) groups excluding carboxylic acids is 3. The van der Waals surface area contributed by atoms with E-state index >= 15 is 8.90 Å². The lowest BCUT2D eigenvalue weighted by molar-refractivity contribution is -0.151. The first kappa shape index (κ1) is 36.3. The summed E-state index contributed by atoms with van der Waals surface area (Å²) in [6.07, 6.45) is -0.456. The number of nitrogens with zero attached hydrogens (tertiary/aromatic N) is 3. The first-order chi connectivity index (χ1) is 26.9. The number of aliphatic hydroxyl groups excluding tert-OH is 1. The number of benzene rings is 5. The molecule has 0 saturated carbocycles. The Labute approximate surface area is 326 Å². The van der Waals surface area contributed by atoms with E-state index in [1.54, 1.807) is 41.0 Å². The first-order valence-electron chi connectivity index (χ1n) is 19.2. The number of methoxy groups -OCH3 is 1. The molecule has 1 N–H and O–H groups in total. The Hall–Kier alpha value is -5.36. The number of fused-ring (bicyclic) bond motifs is 3.